The van der Waals surface area contributed by atoms with E-state index in [1.807, 2.05) is 0 Å². The summed E-state index contributed by atoms with van der Waals surface area (Å²) in [7, 11) is -4.24. The molecule has 0 atom stereocenters. The molecule has 0 bridgehead atoms. The van der Waals surface area contributed by atoms with Crippen LogP contribution in [0.3, 0.4) is 0 Å². The second kappa shape index (κ2) is 8.21. The third-order valence-electron chi connectivity index (χ3n) is 4.12. The Bertz CT molecular complexity index is 1190. The van der Waals surface area contributed by atoms with E-state index in [1.165, 1.54) is 12.1 Å². The van der Waals surface area contributed by atoms with Crippen LogP contribution in [0.2, 0.25) is 0 Å². The van der Waals surface area contributed by atoms with Crippen LogP contribution in [-0.4, -0.2) is 24.9 Å². The summed E-state index contributed by atoms with van der Waals surface area (Å²) >= 11 is 0. The molecule has 1 aromatic heterocycles. The monoisotopic (exact) mass is 465 g/mol. The lowest BCUT2D eigenvalue weighted by Crippen LogP contribution is -2.31. The van der Waals surface area contributed by atoms with E-state index in [0.29, 0.717) is 16.6 Å². The van der Waals surface area contributed by atoms with Crippen LogP contribution >= 0.6 is 0 Å². The Balaban J connectivity index is 1.99. The number of anilines is 1. The maximum Gasteiger partial charge on any atom is 0.418 e. The second-order valence-corrected chi connectivity index (χ2v) is 8.24. The number of para-hydroxylation sites is 1. The molecule has 0 amide bonds. The van der Waals surface area contributed by atoms with Gasteiger partial charge in [-0.3, -0.25) is 4.31 Å². The van der Waals surface area contributed by atoms with Gasteiger partial charge < -0.3 is 4.42 Å². The van der Waals surface area contributed by atoms with Crippen molar-refractivity contribution in [1.82, 2.24) is 10.2 Å². The molecular weight excluding hydrogens is 452 g/mol. The van der Waals surface area contributed by atoms with Crippen molar-refractivity contribution in [1.29, 1.82) is 0 Å². The molecule has 0 saturated heterocycles. The number of sulfonamides is 1. The molecule has 0 aliphatic heterocycles. The number of aromatic nitrogens is 2. The van der Waals surface area contributed by atoms with Gasteiger partial charge in [-0.1, -0.05) is 18.2 Å². The summed E-state index contributed by atoms with van der Waals surface area (Å²) in [6, 6.07) is 7.10. The summed E-state index contributed by atoms with van der Waals surface area (Å²) in [5, 5.41) is 6.48. The fourth-order valence-electron chi connectivity index (χ4n) is 2.71. The summed E-state index contributed by atoms with van der Waals surface area (Å²) in [6.07, 6.45) is -7.18. The van der Waals surface area contributed by atoms with Crippen molar-refractivity contribution < 1.29 is 39.2 Å². The topological polar surface area (TPSA) is 76.3 Å². The van der Waals surface area contributed by atoms with E-state index in [9.17, 15) is 34.8 Å². The van der Waals surface area contributed by atoms with Crippen LogP contribution in [0.15, 0.2) is 46.9 Å². The van der Waals surface area contributed by atoms with Gasteiger partial charge in [0.05, 0.1) is 24.1 Å². The minimum atomic E-state index is -4.84. The van der Waals surface area contributed by atoms with Gasteiger partial charge in [0.15, 0.2) is 0 Å². The number of nitrogens with zero attached hydrogens (tertiary/aromatic N) is 3. The van der Waals surface area contributed by atoms with E-state index < -0.39 is 58.0 Å². The average molecular weight is 465 g/mol. The largest absolute Gasteiger partial charge is 0.418 e. The maximum absolute atomic E-state index is 14.6. The van der Waals surface area contributed by atoms with Crippen LogP contribution in [0.5, 0.6) is 0 Å². The fraction of sp³-hybridized carbons (Fsp3) is 0.222. The van der Waals surface area contributed by atoms with E-state index in [1.54, 1.807) is 0 Å². The number of rotatable bonds is 6. The number of halogens is 6. The zero-order chi connectivity index (χ0) is 23.0. The quantitative estimate of drug-likeness (QED) is 0.489. The maximum atomic E-state index is 14.6. The van der Waals surface area contributed by atoms with Crippen molar-refractivity contribution in [3.63, 3.8) is 0 Å². The van der Waals surface area contributed by atoms with Crippen LogP contribution in [0, 0.1) is 5.82 Å². The standard InChI is InChI=1S/C18H13F6N3O3S/c1-31(28,29)27(14-5-3-2-4-12(14)18(22,23)24)9-11-7-6-10(8-13(11)19)16-25-26-17(30-16)15(20)21/h2-8,15H,9H2,1H3. The van der Waals surface area contributed by atoms with Gasteiger partial charge in [0, 0.05) is 11.1 Å². The smallest absolute Gasteiger partial charge is 0.415 e. The van der Waals surface area contributed by atoms with Crippen LogP contribution in [0.1, 0.15) is 23.4 Å². The van der Waals surface area contributed by atoms with Crippen molar-refractivity contribution in [2.24, 2.45) is 0 Å². The second-order valence-electron chi connectivity index (χ2n) is 6.34. The van der Waals surface area contributed by atoms with Crippen molar-refractivity contribution in [2.45, 2.75) is 19.1 Å². The van der Waals surface area contributed by atoms with E-state index in [-0.39, 0.29) is 11.1 Å². The first-order chi connectivity index (χ1) is 14.4. The van der Waals surface area contributed by atoms with Crippen LogP contribution in [0.4, 0.5) is 32.0 Å². The molecule has 0 saturated carbocycles. The summed E-state index contributed by atoms with van der Waals surface area (Å²) in [5.41, 5.74) is -2.20. The molecule has 31 heavy (non-hydrogen) atoms. The van der Waals surface area contributed by atoms with E-state index in [0.717, 1.165) is 24.3 Å². The third kappa shape index (κ3) is 4.98. The number of hydrogen-bond acceptors (Lipinski definition) is 5. The van der Waals surface area contributed by atoms with Crippen LogP contribution in [-0.2, 0) is 22.7 Å². The number of hydrogen-bond donors (Lipinski definition) is 0. The lowest BCUT2D eigenvalue weighted by molar-refractivity contribution is -0.137. The summed E-state index contributed by atoms with van der Waals surface area (Å²) in [5.74, 6) is -2.37. The van der Waals surface area contributed by atoms with Gasteiger partial charge in [0.2, 0.25) is 15.9 Å². The van der Waals surface area contributed by atoms with Crippen LogP contribution in [0.25, 0.3) is 11.5 Å². The lowest BCUT2D eigenvalue weighted by atomic mass is 10.1. The van der Waals surface area contributed by atoms with Gasteiger partial charge in [-0.15, -0.1) is 10.2 Å². The molecule has 0 radical (unpaired) electrons. The van der Waals surface area contributed by atoms with Gasteiger partial charge in [0.25, 0.3) is 5.89 Å². The molecule has 3 aromatic rings. The van der Waals surface area contributed by atoms with Gasteiger partial charge >= 0.3 is 12.6 Å². The van der Waals surface area contributed by atoms with E-state index in [2.05, 4.69) is 10.2 Å². The molecule has 3 rings (SSSR count). The van der Waals surface area contributed by atoms with Gasteiger partial charge in [-0.05, 0) is 24.3 Å². The summed E-state index contributed by atoms with van der Waals surface area (Å²) in [6.45, 7) is -0.746. The normalized spacial score (nSPS) is 12.4. The molecular formula is C18H13F6N3O3S. The molecule has 0 unspecified atom stereocenters. The Kier molecular flexibility index (Phi) is 5.98. The highest BCUT2D eigenvalue weighted by atomic mass is 32.2. The van der Waals surface area contributed by atoms with Crippen LogP contribution < -0.4 is 4.31 Å². The van der Waals surface area contributed by atoms with Crippen molar-refractivity contribution in [3.05, 3.63) is 65.3 Å². The molecule has 2 aromatic carbocycles. The predicted octanol–water partition coefficient (Wildman–Crippen LogP) is 4.80. The number of alkyl halides is 5. The molecule has 0 spiro atoms. The molecule has 0 N–H and O–H groups in total. The molecule has 13 heteroatoms. The highest BCUT2D eigenvalue weighted by Gasteiger charge is 2.36. The SMILES string of the molecule is CS(=O)(=O)N(Cc1ccc(-c2nnc(C(F)F)o2)cc1F)c1ccccc1C(F)(F)F. The van der Waals surface area contributed by atoms with Gasteiger partial charge in [-0.25, -0.2) is 12.8 Å². The average Bonchev–Trinajstić information content (AvgIpc) is 3.16. The lowest BCUT2D eigenvalue weighted by Gasteiger charge is -2.26. The minimum Gasteiger partial charge on any atom is -0.415 e. The predicted molar refractivity (Wildman–Crippen MR) is 97.1 cm³/mol. The Morgan fingerprint density at radius 2 is 1.77 bits per heavy atom. The van der Waals surface area contributed by atoms with Gasteiger partial charge in [-0.2, -0.15) is 22.0 Å². The minimum absolute atomic E-state index is 0.0674. The highest BCUT2D eigenvalue weighted by molar-refractivity contribution is 7.92. The van der Waals surface area contributed by atoms with Crippen molar-refractivity contribution in [2.75, 3.05) is 10.6 Å². The van der Waals surface area contributed by atoms with Gasteiger partial charge in [0.1, 0.15) is 5.82 Å². The molecule has 0 fully saturated rings. The van der Waals surface area contributed by atoms with E-state index in [4.69, 9.17) is 4.42 Å². The van der Waals surface area contributed by atoms with E-state index >= 15 is 0 Å². The summed E-state index contributed by atoms with van der Waals surface area (Å²) < 4.78 is 109. The highest BCUT2D eigenvalue weighted by Crippen LogP contribution is 2.38. The van der Waals surface area contributed by atoms with Crippen molar-refractivity contribution in [3.8, 4) is 11.5 Å². The molecule has 166 valence electrons. The zero-order valence-electron chi connectivity index (χ0n) is 15.6. The number of benzene rings is 2. The molecule has 0 aliphatic carbocycles. The fourth-order valence-corrected chi connectivity index (χ4v) is 3.60. The Morgan fingerprint density at radius 1 is 1.10 bits per heavy atom. The Morgan fingerprint density at radius 3 is 2.32 bits per heavy atom. The zero-order valence-corrected chi connectivity index (χ0v) is 16.4. The first-order valence-corrected chi connectivity index (χ1v) is 10.3. The first-order valence-electron chi connectivity index (χ1n) is 8.42. The molecule has 0 aliphatic rings. The molecule has 1 heterocycles. The molecule has 6 nitrogen and oxygen atoms in total. The van der Waals surface area contributed by atoms with Crippen molar-refractivity contribution >= 4 is 15.7 Å². The Labute approximate surface area is 172 Å². The Hall–Kier alpha value is -3.09. The third-order valence-corrected chi connectivity index (χ3v) is 5.25. The first kappa shape index (κ1) is 22.6. The summed E-state index contributed by atoms with van der Waals surface area (Å²) in [4.78, 5) is 0.